The summed E-state index contributed by atoms with van der Waals surface area (Å²) >= 11 is 1.76. The highest BCUT2D eigenvalue weighted by atomic mass is 32.1. The van der Waals surface area contributed by atoms with Crippen molar-refractivity contribution in [2.45, 2.75) is 63.3 Å². The topological polar surface area (TPSA) is 57.3 Å². The second-order valence-corrected chi connectivity index (χ2v) is 11.9. The predicted molar refractivity (Wildman–Crippen MR) is 138 cm³/mol. The summed E-state index contributed by atoms with van der Waals surface area (Å²) in [5.41, 5.74) is 4.50. The lowest BCUT2D eigenvalue weighted by Gasteiger charge is -2.49. The molecule has 0 radical (unpaired) electrons. The molecule has 0 saturated heterocycles. The van der Waals surface area contributed by atoms with Crippen LogP contribution in [-0.2, 0) is 31.2 Å². The number of hydrogen-bond acceptors (Lipinski definition) is 5. The molecule has 0 bridgehead atoms. The first-order chi connectivity index (χ1) is 17.1. The van der Waals surface area contributed by atoms with Gasteiger partial charge in [0.15, 0.2) is 0 Å². The van der Waals surface area contributed by atoms with E-state index in [-0.39, 0.29) is 11.0 Å². The van der Waals surface area contributed by atoms with Crippen LogP contribution >= 0.6 is 11.3 Å². The van der Waals surface area contributed by atoms with Crippen LogP contribution in [0.25, 0.3) is 10.2 Å². The number of methoxy groups -OCH3 is 1. The van der Waals surface area contributed by atoms with Crippen molar-refractivity contribution in [3.63, 3.8) is 0 Å². The van der Waals surface area contributed by atoms with E-state index in [0.29, 0.717) is 30.7 Å². The molecule has 1 aromatic carbocycles. The minimum absolute atomic E-state index is 0.0553. The Bertz CT molecular complexity index is 1480. The van der Waals surface area contributed by atoms with Crippen molar-refractivity contribution in [1.29, 1.82) is 0 Å². The van der Waals surface area contributed by atoms with Crippen molar-refractivity contribution < 1.29 is 9.15 Å². The molecule has 0 amide bonds. The van der Waals surface area contributed by atoms with Crippen LogP contribution in [0, 0.1) is 11.8 Å². The lowest BCUT2D eigenvalue weighted by Crippen LogP contribution is -2.43. The van der Waals surface area contributed by atoms with Crippen LogP contribution in [0.5, 0.6) is 5.75 Å². The SMILES string of the molecule is COc1ccc2c(c1)CC[C@@H]1[C@H]3Cc4sc5ncn(CCc6ccco6)c(=O)c5c4[C@]3(C)CC[C@@H]21. The van der Waals surface area contributed by atoms with Crippen molar-refractivity contribution >= 4 is 21.6 Å². The van der Waals surface area contributed by atoms with Crippen LogP contribution in [0.2, 0.25) is 0 Å². The molecule has 4 atom stereocenters. The van der Waals surface area contributed by atoms with Gasteiger partial charge in [-0.25, -0.2) is 4.98 Å². The van der Waals surface area contributed by atoms with E-state index in [1.54, 1.807) is 35.6 Å². The summed E-state index contributed by atoms with van der Waals surface area (Å²) in [6, 6.07) is 10.5. The van der Waals surface area contributed by atoms with Crippen molar-refractivity contribution in [1.82, 2.24) is 9.55 Å². The summed E-state index contributed by atoms with van der Waals surface area (Å²) in [5, 5.41) is 0.886. The van der Waals surface area contributed by atoms with Gasteiger partial charge in [-0.05, 0) is 96.2 Å². The summed E-state index contributed by atoms with van der Waals surface area (Å²) in [6.07, 6.45) is 9.85. The van der Waals surface area contributed by atoms with Crippen molar-refractivity contribution in [2.24, 2.45) is 11.8 Å². The zero-order valence-electron chi connectivity index (χ0n) is 20.3. The minimum atomic E-state index is 0.0553. The largest absolute Gasteiger partial charge is 0.497 e. The Morgan fingerprint density at radius 3 is 3.03 bits per heavy atom. The lowest BCUT2D eigenvalue weighted by atomic mass is 9.55. The third-order valence-corrected chi connectivity index (χ3v) is 10.4. The summed E-state index contributed by atoms with van der Waals surface area (Å²) in [4.78, 5) is 20.8. The Labute approximate surface area is 208 Å². The number of furan rings is 1. The van der Waals surface area contributed by atoms with E-state index >= 15 is 0 Å². The standard InChI is InChI=1S/C29H30N2O3S/c1-29-11-9-21-20-8-6-19(33-2)14-17(20)5-7-22(21)23(29)15-24-26(29)25-27(35-24)30-16-31(28(25)32)12-10-18-4-3-13-34-18/h3-4,6,8,13-14,16,21-23H,5,7,9-12,15H2,1-2H3/t21-,22-,23+,29+/m0/s1. The monoisotopic (exact) mass is 486 g/mol. The second kappa shape index (κ2) is 7.82. The van der Waals surface area contributed by atoms with Gasteiger partial charge in [0.25, 0.3) is 5.56 Å². The number of aromatic nitrogens is 2. The Morgan fingerprint density at radius 2 is 2.20 bits per heavy atom. The normalized spacial score (nSPS) is 26.7. The third kappa shape index (κ3) is 3.11. The second-order valence-electron chi connectivity index (χ2n) is 10.8. The highest BCUT2D eigenvalue weighted by molar-refractivity contribution is 7.18. The van der Waals surface area contributed by atoms with Crippen LogP contribution in [-0.4, -0.2) is 16.7 Å². The predicted octanol–water partition coefficient (Wildman–Crippen LogP) is 5.87. The number of thiophene rings is 1. The number of fused-ring (bicyclic) bond motifs is 9. The number of benzene rings is 1. The highest BCUT2D eigenvalue weighted by Crippen LogP contribution is 2.62. The zero-order chi connectivity index (χ0) is 23.7. The number of aryl methyl sites for hydroxylation is 3. The maximum absolute atomic E-state index is 13.7. The molecule has 5 nitrogen and oxygen atoms in total. The van der Waals surface area contributed by atoms with Crippen molar-refractivity contribution in [2.75, 3.05) is 7.11 Å². The molecule has 0 unspecified atom stereocenters. The first kappa shape index (κ1) is 21.4. The van der Waals surface area contributed by atoms with Gasteiger partial charge in [-0.2, -0.15) is 0 Å². The Kier molecular flexibility index (Phi) is 4.79. The average molecular weight is 487 g/mol. The fourth-order valence-corrected chi connectivity index (χ4v) is 8.88. The van der Waals surface area contributed by atoms with E-state index in [4.69, 9.17) is 14.1 Å². The van der Waals surface area contributed by atoms with Gasteiger partial charge < -0.3 is 9.15 Å². The van der Waals surface area contributed by atoms with Gasteiger partial charge in [0.2, 0.25) is 0 Å². The third-order valence-electron chi connectivity index (χ3n) is 9.23. The Morgan fingerprint density at radius 1 is 1.29 bits per heavy atom. The highest BCUT2D eigenvalue weighted by Gasteiger charge is 2.54. The van der Waals surface area contributed by atoms with E-state index in [1.165, 1.54) is 34.4 Å². The van der Waals surface area contributed by atoms with Gasteiger partial charge in [0, 0.05) is 17.8 Å². The van der Waals surface area contributed by atoms with Crippen LogP contribution in [0.15, 0.2) is 52.1 Å². The van der Waals surface area contributed by atoms with E-state index in [2.05, 4.69) is 25.1 Å². The molecule has 6 heteroatoms. The quantitative estimate of drug-likeness (QED) is 0.362. The Hall–Kier alpha value is -2.86. The Balaban J connectivity index is 1.25. The van der Waals surface area contributed by atoms with E-state index < -0.39 is 0 Å². The zero-order valence-corrected chi connectivity index (χ0v) is 21.1. The summed E-state index contributed by atoms with van der Waals surface area (Å²) in [6.45, 7) is 3.03. The molecular weight excluding hydrogens is 456 g/mol. The van der Waals surface area contributed by atoms with Gasteiger partial charge in [0.1, 0.15) is 16.3 Å². The number of rotatable bonds is 4. The number of nitrogens with zero attached hydrogens (tertiary/aromatic N) is 2. The smallest absolute Gasteiger partial charge is 0.262 e. The summed E-state index contributed by atoms with van der Waals surface area (Å²) < 4.78 is 12.8. The average Bonchev–Trinajstić information content (AvgIpc) is 3.58. The van der Waals surface area contributed by atoms with Gasteiger partial charge >= 0.3 is 0 Å². The molecule has 1 fully saturated rings. The molecule has 3 aliphatic rings. The molecule has 4 aromatic rings. The van der Waals surface area contributed by atoms with Crippen molar-refractivity contribution in [3.8, 4) is 5.75 Å². The van der Waals surface area contributed by atoms with E-state index in [1.807, 2.05) is 12.1 Å². The lowest BCUT2D eigenvalue weighted by molar-refractivity contribution is 0.106. The number of ether oxygens (including phenoxy) is 1. The van der Waals surface area contributed by atoms with Crippen LogP contribution in [0.4, 0.5) is 0 Å². The molecular formula is C29H30N2O3S. The fourth-order valence-electron chi connectivity index (χ4n) is 7.56. The van der Waals surface area contributed by atoms with Gasteiger partial charge in [-0.15, -0.1) is 11.3 Å². The van der Waals surface area contributed by atoms with Crippen LogP contribution in [0.1, 0.15) is 59.4 Å². The van der Waals surface area contributed by atoms with E-state index in [9.17, 15) is 4.79 Å². The molecule has 3 heterocycles. The van der Waals surface area contributed by atoms with Crippen LogP contribution in [0.3, 0.4) is 0 Å². The van der Waals surface area contributed by atoms with Gasteiger partial charge in [-0.1, -0.05) is 13.0 Å². The molecule has 0 N–H and O–H groups in total. The molecule has 7 rings (SSSR count). The molecule has 35 heavy (non-hydrogen) atoms. The van der Waals surface area contributed by atoms with E-state index in [0.717, 1.165) is 41.0 Å². The van der Waals surface area contributed by atoms with Crippen molar-refractivity contribution in [3.05, 3.63) is 80.6 Å². The molecule has 1 saturated carbocycles. The number of hydrogen-bond donors (Lipinski definition) is 0. The minimum Gasteiger partial charge on any atom is -0.497 e. The first-order valence-electron chi connectivity index (χ1n) is 12.8. The van der Waals surface area contributed by atoms with Gasteiger partial charge in [0.05, 0.1) is 25.1 Å². The maximum Gasteiger partial charge on any atom is 0.262 e. The summed E-state index contributed by atoms with van der Waals surface area (Å²) in [7, 11) is 1.75. The molecule has 3 aliphatic carbocycles. The maximum atomic E-state index is 13.7. The molecule has 0 aliphatic heterocycles. The molecule has 0 spiro atoms. The summed E-state index contributed by atoms with van der Waals surface area (Å²) in [5.74, 6) is 3.74. The van der Waals surface area contributed by atoms with Gasteiger partial charge in [-0.3, -0.25) is 9.36 Å². The first-order valence-corrected chi connectivity index (χ1v) is 13.6. The van der Waals surface area contributed by atoms with Crippen LogP contribution < -0.4 is 10.3 Å². The molecule has 3 aromatic heterocycles. The molecule has 180 valence electrons. The fraction of sp³-hybridized carbons (Fsp3) is 0.448.